The number of hydrogen-bond acceptors (Lipinski definition) is 3. The number of benzene rings is 1. The van der Waals surface area contributed by atoms with Crippen LogP contribution >= 0.6 is 11.6 Å². The molecule has 1 heterocycles. The fourth-order valence-corrected chi connectivity index (χ4v) is 2.26. The Kier molecular flexibility index (Phi) is 3.73. The van der Waals surface area contributed by atoms with Gasteiger partial charge in [0.2, 0.25) is 5.24 Å². The second kappa shape index (κ2) is 5.29. The van der Waals surface area contributed by atoms with Gasteiger partial charge in [-0.3, -0.25) is 4.79 Å². The minimum absolute atomic E-state index is 0.320. The van der Waals surface area contributed by atoms with Crippen LogP contribution in [0.4, 0.5) is 0 Å². The zero-order valence-corrected chi connectivity index (χ0v) is 11.1. The van der Waals surface area contributed by atoms with Gasteiger partial charge in [0.1, 0.15) is 5.76 Å². The van der Waals surface area contributed by atoms with Crippen molar-refractivity contribution in [2.24, 2.45) is 0 Å². The molecule has 0 fully saturated rings. The summed E-state index contributed by atoms with van der Waals surface area (Å²) in [6.45, 7) is 1.72. The topological polar surface area (TPSA) is 54.0 Å². The summed E-state index contributed by atoms with van der Waals surface area (Å²) in [7, 11) is 0. The van der Waals surface area contributed by atoms with Crippen molar-refractivity contribution in [2.75, 3.05) is 0 Å². The van der Waals surface area contributed by atoms with E-state index in [4.69, 9.17) is 21.3 Å². The summed E-state index contributed by atoms with van der Waals surface area (Å²) in [4.78, 5) is 11.9. The first-order valence-electron chi connectivity index (χ1n) is 5.80. The lowest BCUT2D eigenvalue weighted by molar-refractivity contribution is -0.116. The first kappa shape index (κ1) is 13.4. The highest BCUT2D eigenvalue weighted by atomic mass is 35.5. The molecule has 1 atom stereocenters. The second-order valence-electron chi connectivity index (χ2n) is 4.52. The van der Waals surface area contributed by atoms with Crippen molar-refractivity contribution in [3.05, 3.63) is 59.5 Å². The van der Waals surface area contributed by atoms with E-state index in [1.54, 1.807) is 49.6 Å². The third-order valence-corrected chi connectivity index (χ3v) is 3.60. The average molecular weight is 274 g/mol. The summed E-state index contributed by atoms with van der Waals surface area (Å²) in [6, 6.07) is 12.6. The van der Waals surface area contributed by atoms with Crippen LogP contribution in [0.1, 0.15) is 23.8 Å². The van der Waals surface area contributed by atoms with Crippen LogP contribution in [0.2, 0.25) is 0 Å². The number of hydrogen-bond donors (Lipinski definition) is 0. The minimum Gasteiger partial charge on any atom is -0.469 e. The molecule has 0 saturated heterocycles. The van der Waals surface area contributed by atoms with E-state index in [0.717, 1.165) is 0 Å². The quantitative estimate of drug-likeness (QED) is 0.802. The molecule has 3 nitrogen and oxygen atoms in total. The lowest BCUT2D eigenvalue weighted by Gasteiger charge is -2.25. The number of rotatable bonds is 4. The molecule has 0 aliphatic rings. The Balaban J connectivity index is 2.51. The molecule has 1 aromatic heterocycles. The molecular formula is C15H12ClNO2. The van der Waals surface area contributed by atoms with Gasteiger partial charge in [-0.2, -0.15) is 5.26 Å². The maximum Gasteiger partial charge on any atom is 0.232 e. The lowest BCUT2D eigenvalue weighted by Crippen LogP contribution is -2.32. The van der Waals surface area contributed by atoms with Gasteiger partial charge in [-0.05, 0) is 42.3 Å². The van der Waals surface area contributed by atoms with Crippen LogP contribution in [-0.4, -0.2) is 5.24 Å². The van der Waals surface area contributed by atoms with Gasteiger partial charge >= 0.3 is 0 Å². The highest BCUT2D eigenvalue weighted by Gasteiger charge is 2.36. The average Bonchev–Trinajstić information content (AvgIpc) is 2.91. The monoisotopic (exact) mass is 273 g/mol. The van der Waals surface area contributed by atoms with Crippen molar-refractivity contribution in [1.29, 1.82) is 5.26 Å². The summed E-state index contributed by atoms with van der Waals surface area (Å²) in [6.07, 6.45) is 1.87. The lowest BCUT2D eigenvalue weighted by atomic mass is 9.78. The summed E-state index contributed by atoms with van der Waals surface area (Å²) >= 11 is 5.78. The van der Waals surface area contributed by atoms with E-state index >= 15 is 0 Å². The molecule has 2 aromatic rings. The Morgan fingerprint density at radius 3 is 2.68 bits per heavy atom. The number of carbonyl (C=O) groups is 1. The number of furan rings is 1. The highest BCUT2D eigenvalue weighted by molar-refractivity contribution is 6.65. The van der Waals surface area contributed by atoms with Crippen LogP contribution in [-0.2, 0) is 16.6 Å². The standard InChI is InChI=1S/C15H12ClNO2/c1-15(14(16)18,9-12-6-4-8-19-12)13-7-3-2-5-11(13)10-17/h2-8H,9H2,1H3. The second-order valence-corrected chi connectivity index (χ2v) is 4.86. The molecule has 0 bridgehead atoms. The fraction of sp³-hybridized carbons (Fsp3) is 0.200. The first-order valence-corrected chi connectivity index (χ1v) is 6.17. The third kappa shape index (κ3) is 2.54. The number of carbonyl (C=O) groups excluding carboxylic acids is 1. The fourth-order valence-electron chi connectivity index (χ4n) is 2.09. The molecule has 19 heavy (non-hydrogen) atoms. The van der Waals surface area contributed by atoms with Gasteiger partial charge in [-0.25, -0.2) is 0 Å². The SMILES string of the molecule is CC(Cc1ccco1)(C(=O)Cl)c1ccccc1C#N. The maximum atomic E-state index is 11.9. The number of halogens is 1. The number of nitriles is 1. The van der Waals surface area contributed by atoms with Crippen LogP contribution < -0.4 is 0 Å². The molecule has 0 aliphatic carbocycles. The van der Waals surface area contributed by atoms with Gasteiger partial charge in [-0.15, -0.1) is 0 Å². The van der Waals surface area contributed by atoms with E-state index in [2.05, 4.69) is 6.07 Å². The maximum absolute atomic E-state index is 11.9. The molecular weight excluding hydrogens is 262 g/mol. The Hall–Kier alpha value is -2.05. The van der Waals surface area contributed by atoms with Crippen LogP contribution in [0, 0.1) is 11.3 Å². The van der Waals surface area contributed by atoms with Crippen molar-refractivity contribution in [2.45, 2.75) is 18.8 Å². The van der Waals surface area contributed by atoms with Gasteiger partial charge in [0.25, 0.3) is 0 Å². The van der Waals surface area contributed by atoms with E-state index in [0.29, 0.717) is 23.3 Å². The molecule has 2 rings (SSSR count). The Bertz CT molecular complexity index is 628. The third-order valence-electron chi connectivity index (χ3n) is 3.18. The van der Waals surface area contributed by atoms with E-state index in [1.807, 2.05) is 0 Å². The largest absolute Gasteiger partial charge is 0.469 e. The van der Waals surface area contributed by atoms with Crippen molar-refractivity contribution >= 4 is 16.8 Å². The van der Waals surface area contributed by atoms with Crippen LogP contribution in [0.25, 0.3) is 0 Å². The van der Waals surface area contributed by atoms with E-state index in [-0.39, 0.29) is 0 Å². The van der Waals surface area contributed by atoms with E-state index < -0.39 is 10.7 Å². The summed E-state index contributed by atoms with van der Waals surface area (Å²) < 4.78 is 5.28. The molecule has 0 radical (unpaired) electrons. The van der Waals surface area contributed by atoms with Crippen LogP contribution in [0.5, 0.6) is 0 Å². The predicted molar refractivity (Wildman–Crippen MR) is 71.8 cm³/mol. The molecule has 0 amide bonds. The number of nitrogens with zero attached hydrogens (tertiary/aromatic N) is 1. The Morgan fingerprint density at radius 1 is 1.37 bits per heavy atom. The van der Waals surface area contributed by atoms with Crippen molar-refractivity contribution in [3.63, 3.8) is 0 Å². The van der Waals surface area contributed by atoms with Gasteiger partial charge in [0.15, 0.2) is 0 Å². The molecule has 1 unspecified atom stereocenters. The minimum atomic E-state index is -0.980. The van der Waals surface area contributed by atoms with Gasteiger partial charge < -0.3 is 4.42 Å². The summed E-state index contributed by atoms with van der Waals surface area (Å²) in [5, 5.41) is 8.65. The van der Waals surface area contributed by atoms with Crippen molar-refractivity contribution in [3.8, 4) is 6.07 Å². The molecule has 0 aliphatic heterocycles. The first-order chi connectivity index (χ1) is 9.08. The predicted octanol–water partition coefficient (Wildman–Crippen LogP) is 3.42. The molecule has 0 N–H and O–H groups in total. The Labute approximate surface area is 116 Å². The highest BCUT2D eigenvalue weighted by Crippen LogP contribution is 2.33. The zero-order chi connectivity index (χ0) is 13.9. The molecule has 96 valence electrons. The molecule has 0 saturated carbocycles. The summed E-state index contributed by atoms with van der Waals surface area (Å²) in [5.41, 5.74) is 0.0885. The van der Waals surface area contributed by atoms with Crippen LogP contribution in [0.15, 0.2) is 47.1 Å². The Morgan fingerprint density at radius 2 is 2.11 bits per heavy atom. The van der Waals surface area contributed by atoms with E-state index in [9.17, 15) is 4.79 Å². The molecule has 1 aromatic carbocycles. The van der Waals surface area contributed by atoms with Crippen LogP contribution in [0.3, 0.4) is 0 Å². The van der Waals surface area contributed by atoms with Crippen molar-refractivity contribution in [1.82, 2.24) is 0 Å². The van der Waals surface area contributed by atoms with E-state index in [1.165, 1.54) is 0 Å². The normalized spacial score (nSPS) is 13.5. The molecule has 0 spiro atoms. The van der Waals surface area contributed by atoms with Crippen molar-refractivity contribution < 1.29 is 9.21 Å². The molecule has 4 heteroatoms. The van der Waals surface area contributed by atoms with Gasteiger partial charge in [-0.1, -0.05) is 18.2 Å². The van der Waals surface area contributed by atoms with Gasteiger partial charge in [0.05, 0.1) is 23.3 Å². The zero-order valence-electron chi connectivity index (χ0n) is 10.4. The van der Waals surface area contributed by atoms with Gasteiger partial charge in [0, 0.05) is 6.42 Å². The summed E-state index contributed by atoms with van der Waals surface area (Å²) in [5.74, 6) is 0.657. The smallest absolute Gasteiger partial charge is 0.232 e.